The number of aryl methyl sites for hydroxylation is 1. The first-order valence-corrected chi connectivity index (χ1v) is 6.69. The van der Waals surface area contributed by atoms with Gasteiger partial charge in [0.1, 0.15) is 4.60 Å². The molecule has 2 aromatic rings. The van der Waals surface area contributed by atoms with Crippen LogP contribution in [0.3, 0.4) is 0 Å². The molecule has 0 saturated carbocycles. The molecule has 0 amide bonds. The molecule has 0 aliphatic heterocycles. The molecule has 106 valence electrons. The first-order valence-electron chi connectivity index (χ1n) is 5.89. The summed E-state index contributed by atoms with van der Waals surface area (Å²) >= 11 is 2.95. The highest BCUT2D eigenvalue weighted by Crippen LogP contribution is 2.32. The molecule has 20 heavy (non-hydrogen) atoms. The van der Waals surface area contributed by atoms with Crippen molar-refractivity contribution in [1.82, 2.24) is 4.98 Å². The minimum absolute atomic E-state index is 0.0187. The van der Waals surface area contributed by atoms with Gasteiger partial charge in [0.25, 0.3) is 0 Å². The van der Waals surface area contributed by atoms with E-state index in [-0.39, 0.29) is 10.4 Å². The maximum atomic E-state index is 12.3. The summed E-state index contributed by atoms with van der Waals surface area (Å²) in [7, 11) is 0. The van der Waals surface area contributed by atoms with E-state index in [0.29, 0.717) is 5.56 Å². The van der Waals surface area contributed by atoms with Gasteiger partial charge in [-0.1, -0.05) is 31.2 Å². The van der Waals surface area contributed by atoms with Crippen LogP contribution >= 0.6 is 15.9 Å². The van der Waals surface area contributed by atoms with Crippen LogP contribution < -0.4 is 4.74 Å². The number of pyridine rings is 1. The minimum Gasteiger partial charge on any atom is -0.403 e. The molecule has 0 N–H and O–H groups in total. The monoisotopic (exact) mass is 345 g/mol. The lowest BCUT2D eigenvalue weighted by atomic mass is 10.0. The van der Waals surface area contributed by atoms with E-state index in [2.05, 4.69) is 25.7 Å². The van der Waals surface area contributed by atoms with E-state index in [4.69, 9.17) is 0 Å². The number of hydrogen-bond acceptors (Lipinski definition) is 2. The lowest BCUT2D eigenvalue weighted by molar-refractivity contribution is -0.275. The van der Waals surface area contributed by atoms with Crippen LogP contribution in [0.25, 0.3) is 11.1 Å². The zero-order chi connectivity index (χ0) is 14.8. The maximum Gasteiger partial charge on any atom is 0.573 e. The molecule has 0 bridgehead atoms. The van der Waals surface area contributed by atoms with Crippen LogP contribution in [-0.4, -0.2) is 11.3 Å². The summed E-state index contributed by atoms with van der Waals surface area (Å²) in [6, 6.07) is 8.88. The van der Waals surface area contributed by atoms with Gasteiger partial charge in [-0.25, -0.2) is 4.98 Å². The van der Waals surface area contributed by atoms with E-state index in [1.165, 1.54) is 12.3 Å². The molecule has 0 aliphatic rings. The fourth-order valence-electron chi connectivity index (χ4n) is 1.75. The maximum absolute atomic E-state index is 12.3. The molecule has 0 fully saturated rings. The molecule has 1 aromatic carbocycles. The van der Waals surface area contributed by atoms with Gasteiger partial charge in [-0.3, -0.25) is 0 Å². The Morgan fingerprint density at radius 3 is 2.60 bits per heavy atom. The molecule has 2 rings (SSSR count). The molecule has 0 radical (unpaired) electrons. The molecule has 0 aliphatic carbocycles. The molecule has 0 saturated heterocycles. The fraction of sp³-hybridized carbons (Fsp3) is 0.214. The van der Waals surface area contributed by atoms with Gasteiger partial charge >= 0.3 is 6.36 Å². The lowest BCUT2D eigenvalue weighted by Crippen LogP contribution is -2.17. The Bertz CT molecular complexity index is 614. The zero-order valence-corrected chi connectivity index (χ0v) is 12.1. The van der Waals surface area contributed by atoms with Crippen LogP contribution in [0.2, 0.25) is 0 Å². The Balaban J connectivity index is 2.40. The zero-order valence-electron chi connectivity index (χ0n) is 10.5. The van der Waals surface area contributed by atoms with Gasteiger partial charge in [-0.05, 0) is 39.5 Å². The van der Waals surface area contributed by atoms with E-state index >= 15 is 0 Å². The quantitative estimate of drug-likeness (QED) is 0.732. The van der Waals surface area contributed by atoms with Crippen LogP contribution in [-0.2, 0) is 6.42 Å². The van der Waals surface area contributed by atoms with Crippen molar-refractivity contribution in [2.24, 2.45) is 0 Å². The Kier molecular flexibility index (Phi) is 4.32. The predicted molar refractivity (Wildman–Crippen MR) is 73.4 cm³/mol. The van der Waals surface area contributed by atoms with Crippen LogP contribution in [0, 0.1) is 0 Å². The van der Waals surface area contributed by atoms with E-state index in [1.54, 1.807) is 0 Å². The van der Waals surface area contributed by atoms with Crippen LogP contribution in [0.15, 0.2) is 41.1 Å². The van der Waals surface area contributed by atoms with Crippen molar-refractivity contribution in [3.05, 3.63) is 46.7 Å². The van der Waals surface area contributed by atoms with Crippen LogP contribution in [0.5, 0.6) is 5.75 Å². The average Bonchev–Trinajstić information content (AvgIpc) is 2.40. The van der Waals surface area contributed by atoms with Crippen LogP contribution in [0.1, 0.15) is 12.5 Å². The van der Waals surface area contributed by atoms with Gasteiger partial charge in [-0.15, -0.1) is 13.2 Å². The van der Waals surface area contributed by atoms with E-state index in [9.17, 15) is 13.2 Å². The average molecular weight is 346 g/mol. The molecule has 1 heterocycles. The van der Waals surface area contributed by atoms with Crippen molar-refractivity contribution in [2.75, 3.05) is 0 Å². The Morgan fingerprint density at radius 1 is 1.20 bits per heavy atom. The summed E-state index contributed by atoms with van der Waals surface area (Å²) in [5, 5.41) is 0. The number of nitrogens with zero attached hydrogens (tertiary/aromatic N) is 1. The molecule has 2 nitrogen and oxygen atoms in total. The number of ether oxygens (including phenoxy) is 1. The second-order valence-electron chi connectivity index (χ2n) is 4.11. The lowest BCUT2D eigenvalue weighted by Gasteiger charge is -2.11. The highest BCUT2D eigenvalue weighted by molar-refractivity contribution is 9.10. The van der Waals surface area contributed by atoms with Crippen molar-refractivity contribution in [3.8, 4) is 16.9 Å². The van der Waals surface area contributed by atoms with Crippen molar-refractivity contribution < 1.29 is 17.9 Å². The molecule has 0 unspecified atom stereocenters. The largest absolute Gasteiger partial charge is 0.573 e. The number of aromatic nitrogens is 1. The third-order valence-electron chi connectivity index (χ3n) is 2.70. The third-order valence-corrected chi connectivity index (χ3v) is 3.30. The summed E-state index contributed by atoms with van der Waals surface area (Å²) in [5.74, 6) is -0.350. The van der Waals surface area contributed by atoms with Gasteiger partial charge in [0.2, 0.25) is 0 Å². The van der Waals surface area contributed by atoms with Crippen molar-refractivity contribution in [1.29, 1.82) is 0 Å². The first kappa shape index (κ1) is 14.8. The molecule has 0 atom stereocenters. The first-order chi connectivity index (χ1) is 9.39. The number of alkyl halides is 3. The minimum atomic E-state index is -4.74. The van der Waals surface area contributed by atoms with Crippen molar-refractivity contribution >= 4 is 15.9 Å². The predicted octanol–water partition coefficient (Wildman–Crippen LogP) is 4.97. The van der Waals surface area contributed by atoms with Gasteiger partial charge in [0, 0.05) is 11.8 Å². The van der Waals surface area contributed by atoms with E-state index in [1.807, 2.05) is 31.2 Å². The molecule has 6 heteroatoms. The van der Waals surface area contributed by atoms with Gasteiger partial charge in [0.15, 0.2) is 5.75 Å². The smallest absolute Gasteiger partial charge is 0.403 e. The standard InChI is InChI=1S/C14H11BrF3NO/c1-2-9-4-3-5-10(6-9)11-7-12(13(15)19-8-11)20-14(16,17)18/h3-8H,2H2,1H3. The second-order valence-corrected chi connectivity index (χ2v) is 4.87. The van der Waals surface area contributed by atoms with Gasteiger partial charge in [0.05, 0.1) is 0 Å². The molecule has 0 spiro atoms. The highest BCUT2D eigenvalue weighted by Gasteiger charge is 2.32. The summed E-state index contributed by atoms with van der Waals surface area (Å²) in [5.41, 5.74) is 2.47. The summed E-state index contributed by atoms with van der Waals surface area (Å²) in [6.07, 6.45) is -2.39. The van der Waals surface area contributed by atoms with Gasteiger partial charge < -0.3 is 4.74 Å². The highest BCUT2D eigenvalue weighted by atomic mass is 79.9. The van der Waals surface area contributed by atoms with E-state index in [0.717, 1.165) is 17.5 Å². The number of rotatable bonds is 3. The Labute approximate surface area is 122 Å². The number of benzene rings is 1. The second kappa shape index (κ2) is 5.83. The molecular weight excluding hydrogens is 335 g/mol. The number of halogens is 4. The SMILES string of the molecule is CCc1cccc(-c2cnc(Br)c(OC(F)(F)F)c2)c1. The topological polar surface area (TPSA) is 22.1 Å². The summed E-state index contributed by atoms with van der Waals surface area (Å²) < 4.78 is 40.9. The van der Waals surface area contributed by atoms with Gasteiger partial charge in [-0.2, -0.15) is 0 Å². The summed E-state index contributed by atoms with van der Waals surface area (Å²) in [4.78, 5) is 3.89. The molecule has 1 aromatic heterocycles. The van der Waals surface area contributed by atoms with Crippen molar-refractivity contribution in [2.45, 2.75) is 19.7 Å². The Hall–Kier alpha value is -1.56. The third kappa shape index (κ3) is 3.72. The Morgan fingerprint density at radius 2 is 1.95 bits per heavy atom. The van der Waals surface area contributed by atoms with Crippen molar-refractivity contribution in [3.63, 3.8) is 0 Å². The van der Waals surface area contributed by atoms with E-state index < -0.39 is 6.36 Å². The summed E-state index contributed by atoms with van der Waals surface area (Å²) in [6.45, 7) is 2.01. The normalized spacial score (nSPS) is 11.4. The number of hydrogen-bond donors (Lipinski definition) is 0. The fourth-order valence-corrected chi connectivity index (χ4v) is 2.05. The van der Waals surface area contributed by atoms with Crippen LogP contribution in [0.4, 0.5) is 13.2 Å². The molecular formula is C14H11BrF3NO.